The smallest absolute Gasteiger partial charge is 0.297 e. The lowest BCUT2D eigenvalue weighted by Crippen LogP contribution is -2.50. The fourth-order valence-electron chi connectivity index (χ4n) is 5.50. The van der Waals surface area contributed by atoms with Gasteiger partial charge in [0, 0.05) is 25.1 Å². The van der Waals surface area contributed by atoms with E-state index in [1.54, 1.807) is 12.3 Å². The first kappa shape index (κ1) is 27.1. The first-order chi connectivity index (χ1) is 19.2. The van der Waals surface area contributed by atoms with Crippen LogP contribution < -0.4 is 4.74 Å². The lowest BCUT2D eigenvalue weighted by atomic mass is 9.93. The second kappa shape index (κ2) is 10.7. The molecule has 0 bridgehead atoms. The average molecular weight is 571 g/mol. The van der Waals surface area contributed by atoms with Crippen molar-refractivity contribution >= 4 is 17.0 Å². The van der Waals surface area contributed by atoms with Crippen molar-refractivity contribution in [3.8, 4) is 5.75 Å². The summed E-state index contributed by atoms with van der Waals surface area (Å²) >= 11 is -1.63. The molecule has 40 heavy (non-hydrogen) atoms. The van der Waals surface area contributed by atoms with Crippen LogP contribution in [0.25, 0.3) is 5.65 Å². The topological polar surface area (TPSA) is 75.0 Å². The van der Waals surface area contributed by atoms with Crippen molar-refractivity contribution < 1.29 is 27.2 Å². The van der Waals surface area contributed by atoms with Gasteiger partial charge in [0.2, 0.25) is 10.7 Å². The zero-order valence-electron chi connectivity index (χ0n) is 22.2. The Morgan fingerprint density at radius 1 is 1.05 bits per heavy atom. The fraction of sp³-hybridized carbons (Fsp3) is 0.379. The summed E-state index contributed by atoms with van der Waals surface area (Å²) in [5.74, 6) is -0.387. The summed E-state index contributed by atoms with van der Waals surface area (Å²) < 4.78 is 69.8. The first-order valence-electron chi connectivity index (χ1n) is 13.2. The second-order valence-corrected chi connectivity index (χ2v) is 11.9. The predicted octanol–water partition coefficient (Wildman–Crippen LogP) is 5.48. The molecule has 4 aromatic rings. The monoisotopic (exact) mass is 570 g/mol. The van der Waals surface area contributed by atoms with E-state index in [1.165, 1.54) is 16.5 Å². The van der Waals surface area contributed by atoms with Crippen molar-refractivity contribution in [3.63, 3.8) is 0 Å². The number of fused-ring (bicyclic) bond motifs is 2. The average Bonchev–Trinajstić information content (AvgIpc) is 3.34. The molecule has 1 spiro atoms. The van der Waals surface area contributed by atoms with Crippen LogP contribution >= 0.6 is 0 Å². The van der Waals surface area contributed by atoms with Gasteiger partial charge in [-0.1, -0.05) is 18.2 Å². The van der Waals surface area contributed by atoms with Crippen molar-refractivity contribution in [1.29, 1.82) is 0 Å². The molecule has 2 aromatic heterocycles. The number of aryl methyl sites for hydroxylation is 2. The maximum atomic E-state index is 14.2. The zero-order chi connectivity index (χ0) is 28.0. The van der Waals surface area contributed by atoms with Gasteiger partial charge < -0.3 is 14.0 Å². The lowest BCUT2D eigenvalue weighted by Gasteiger charge is -2.37. The van der Waals surface area contributed by atoms with E-state index in [-0.39, 0.29) is 5.82 Å². The standard InChI is InChI=1S/C29H29F3N4O3S/c1-18-3-4-20(13-21-7-10-36-27(19(21)2)33-34-28(36)26(31)32)14-22(18)16-35-17-29(8-11-38-12-9-29)39-24-6-5-23(30)15-25(24)40(35)37/h3-7,10,14-15,26H,8-9,11-13,16-17H2,1-2H3. The Morgan fingerprint density at radius 3 is 2.62 bits per heavy atom. The predicted molar refractivity (Wildman–Crippen MR) is 143 cm³/mol. The molecule has 210 valence electrons. The van der Waals surface area contributed by atoms with Crippen LogP contribution in [0.2, 0.25) is 0 Å². The van der Waals surface area contributed by atoms with Gasteiger partial charge in [0.1, 0.15) is 11.4 Å². The molecule has 11 heteroatoms. The van der Waals surface area contributed by atoms with Gasteiger partial charge >= 0.3 is 0 Å². The Bertz CT molecular complexity index is 1560. The van der Waals surface area contributed by atoms with Crippen LogP contribution in [-0.2, 0) is 29.1 Å². The minimum Gasteiger partial charge on any atom is -0.593 e. The third-order valence-corrected chi connectivity index (χ3v) is 9.26. The van der Waals surface area contributed by atoms with E-state index < -0.39 is 29.2 Å². The number of benzene rings is 2. The van der Waals surface area contributed by atoms with Gasteiger partial charge in [0.25, 0.3) is 6.43 Å². The van der Waals surface area contributed by atoms with Crippen molar-refractivity contribution in [3.05, 3.63) is 88.1 Å². The number of hydrogen-bond acceptors (Lipinski definition) is 6. The van der Waals surface area contributed by atoms with Crippen LogP contribution in [0, 0.1) is 19.7 Å². The summed E-state index contributed by atoms with van der Waals surface area (Å²) in [5.41, 5.74) is 4.62. The molecule has 4 heterocycles. The molecule has 2 aliphatic heterocycles. The van der Waals surface area contributed by atoms with Gasteiger partial charge in [-0.15, -0.1) is 14.5 Å². The number of nitrogens with zero attached hydrogens (tertiary/aromatic N) is 4. The van der Waals surface area contributed by atoms with Crippen LogP contribution in [0.1, 0.15) is 52.9 Å². The van der Waals surface area contributed by atoms with Crippen molar-refractivity contribution in [2.45, 2.75) is 56.6 Å². The SMILES string of the molecule is Cc1ccc(Cc2ccn3c(C(F)F)nnc3c2C)cc1CN1CC2(CCOCC2)Oc2ccc(F)cc2[S+]1[O-]. The highest BCUT2D eigenvalue weighted by Crippen LogP contribution is 2.39. The van der Waals surface area contributed by atoms with Crippen LogP contribution in [-0.4, -0.2) is 48.8 Å². The first-order valence-corrected chi connectivity index (χ1v) is 14.3. The van der Waals surface area contributed by atoms with Gasteiger partial charge in [-0.25, -0.2) is 13.2 Å². The molecule has 1 saturated heterocycles. The number of rotatable bonds is 5. The maximum Gasteiger partial charge on any atom is 0.297 e. The lowest BCUT2D eigenvalue weighted by molar-refractivity contribution is -0.0532. The molecule has 1 fully saturated rings. The highest BCUT2D eigenvalue weighted by Gasteiger charge is 2.45. The third kappa shape index (κ3) is 5.07. The van der Waals surface area contributed by atoms with Crippen LogP contribution in [0.15, 0.2) is 53.6 Å². The second-order valence-electron chi connectivity index (χ2n) is 10.5. The normalized spacial score (nSPS) is 19.1. The minimum absolute atomic E-state index is 0.331. The quantitative estimate of drug-likeness (QED) is 0.296. The van der Waals surface area contributed by atoms with Gasteiger partial charge in [0.05, 0.1) is 37.7 Å². The van der Waals surface area contributed by atoms with E-state index in [1.807, 2.05) is 36.4 Å². The Labute approximate surface area is 233 Å². The molecule has 1 atom stereocenters. The molecule has 0 radical (unpaired) electrons. The van der Waals surface area contributed by atoms with Crippen LogP contribution in [0.4, 0.5) is 13.2 Å². The van der Waals surface area contributed by atoms with E-state index in [9.17, 15) is 17.7 Å². The van der Waals surface area contributed by atoms with Crippen molar-refractivity contribution in [2.75, 3.05) is 19.8 Å². The molecule has 0 saturated carbocycles. The highest BCUT2D eigenvalue weighted by molar-refractivity contribution is 7.89. The van der Waals surface area contributed by atoms with Gasteiger partial charge in [-0.2, -0.15) is 0 Å². The van der Waals surface area contributed by atoms with E-state index in [0.717, 1.165) is 27.8 Å². The van der Waals surface area contributed by atoms with E-state index in [2.05, 4.69) is 16.3 Å². The van der Waals surface area contributed by atoms with E-state index >= 15 is 0 Å². The third-order valence-electron chi connectivity index (χ3n) is 7.84. The number of halogens is 3. The minimum atomic E-state index is -2.71. The molecular weight excluding hydrogens is 541 g/mol. The Hall–Kier alpha value is -3.12. The van der Waals surface area contributed by atoms with Crippen LogP contribution in [0.5, 0.6) is 5.75 Å². The molecule has 0 N–H and O–H groups in total. The maximum absolute atomic E-state index is 14.2. The van der Waals surface area contributed by atoms with Crippen LogP contribution in [0.3, 0.4) is 0 Å². The summed E-state index contributed by atoms with van der Waals surface area (Å²) in [6.45, 7) is 5.74. The molecule has 2 aliphatic rings. The fourth-order valence-corrected chi connectivity index (χ4v) is 6.88. The molecule has 1 unspecified atom stereocenters. The van der Waals surface area contributed by atoms with Crippen molar-refractivity contribution in [2.24, 2.45) is 0 Å². The number of pyridine rings is 1. The number of alkyl halides is 2. The number of hydrogen-bond donors (Lipinski definition) is 0. The summed E-state index contributed by atoms with van der Waals surface area (Å²) in [7, 11) is 0. The van der Waals surface area contributed by atoms with Gasteiger partial charge in [0.15, 0.2) is 11.4 Å². The number of ether oxygens (including phenoxy) is 2. The highest BCUT2D eigenvalue weighted by atomic mass is 32.2. The molecule has 7 nitrogen and oxygen atoms in total. The Balaban J connectivity index is 1.30. The molecule has 2 aromatic carbocycles. The molecular formula is C29H29F3N4O3S. The largest absolute Gasteiger partial charge is 0.593 e. The van der Waals surface area contributed by atoms with E-state index in [4.69, 9.17) is 9.47 Å². The molecule has 0 amide bonds. The Morgan fingerprint density at radius 2 is 1.85 bits per heavy atom. The molecule has 0 aliphatic carbocycles. The van der Waals surface area contributed by atoms with Gasteiger partial charge in [-0.3, -0.25) is 4.40 Å². The summed E-state index contributed by atoms with van der Waals surface area (Å²) in [6, 6.07) is 12.2. The molecule has 6 rings (SSSR count). The van der Waals surface area contributed by atoms with E-state index in [0.29, 0.717) is 61.9 Å². The summed E-state index contributed by atoms with van der Waals surface area (Å²) in [4.78, 5) is 0.331. The zero-order valence-corrected chi connectivity index (χ0v) is 23.0. The summed E-state index contributed by atoms with van der Waals surface area (Å²) in [5, 5.41) is 7.63. The summed E-state index contributed by atoms with van der Waals surface area (Å²) in [6.07, 6.45) is 0.730. The van der Waals surface area contributed by atoms with Crippen molar-refractivity contribution in [1.82, 2.24) is 18.9 Å². The number of aromatic nitrogens is 3. The van der Waals surface area contributed by atoms with Gasteiger partial charge in [-0.05, 0) is 66.3 Å². The Kier molecular flexibility index (Phi) is 7.24.